The number of aromatic nitrogens is 3. The summed E-state index contributed by atoms with van der Waals surface area (Å²) in [6.07, 6.45) is 1.60. The smallest absolute Gasteiger partial charge is 0.253 e. The molecule has 25 heavy (non-hydrogen) atoms. The Morgan fingerprint density at radius 1 is 1.24 bits per heavy atom. The van der Waals surface area contributed by atoms with Gasteiger partial charge in [-0.15, -0.1) is 10.2 Å². The summed E-state index contributed by atoms with van der Waals surface area (Å²) in [5.74, 6) is 8.08. The van der Waals surface area contributed by atoms with Crippen molar-refractivity contribution in [2.45, 2.75) is 17.8 Å². The summed E-state index contributed by atoms with van der Waals surface area (Å²) in [4.78, 5) is 13.5. The van der Waals surface area contributed by atoms with Crippen LogP contribution < -0.4 is 5.84 Å². The highest BCUT2D eigenvalue weighted by molar-refractivity contribution is 7.98. The van der Waals surface area contributed by atoms with Crippen molar-refractivity contribution in [1.29, 1.82) is 0 Å². The first-order valence-electron chi connectivity index (χ1n) is 7.65. The van der Waals surface area contributed by atoms with Gasteiger partial charge in [0.2, 0.25) is 5.16 Å². The van der Waals surface area contributed by atoms with Crippen molar-refractivity contribution in [1.82, 2.24) is 19.8 Å². The highest BCUT2D eigenvalue weighted by atomic mass is 32.2. The molecule has 0 fully saturated rings. The molecule has 0 aliphatic rings. The van der Waals surface area contributed by atoms with Crippen LogP contribution in [0.3, 0.4) is 0 Å². The Morgan fingerprint density at radius 3 is 2.56 bits per heavy atom. The number of carbonyl (C=O) groups is 1. The van der Waals surface area contributed by atoms with E-state index >= 15 is 0 Å². The van der Waals surface area contributed by atoms with Crippen molar-refractivity contribution >= 4 is 17.7 Å². The number of amides is 1. The topological polar surface area (TPSA) is 90.2 Å². The van der Waals surface area contributed by atoms with Crippen LogP contribution in [0.4, 0.5) is 0 Å². The van der Waals surface area contributed by atoms with Crippen molar-refractivity contribution in [3.63, 3.8) is 0 Å². The SMILES string of the molecule is Cc1occc1-c1nnc(SCc2ccc(C(=O)N(C)C)cc2)n1N. The number of benzene rings is 1. The van der Waals surface area contributed by atoms with Crippen LogP contribution >= 0.6 is 11.8 Å². The van der Waals surface area contributed by atoms with Gasteiger partial charge in [0.15, 0.2) is 5.82 Å². The van der Waals surface area contributed by atoms with Crippen molar-refractivity contribution in [3.8, 4) is 11.4 Å². The second kappa shape index (κ2) is 7.02. The number of aryl methyl sites for hydroxylation is 1. The van der Waals surface area contributed by atoms with Crippen LogP contribution in [0, 0.1) is 6.92 Å². The third-order valence-electron chi connectivity index (χ3n) is 3.74. The number of rotatable bonds is 5. The molecule has 0 aliphatic carbocycles. The molecule has 0 spiro atoms. The Kier molecular flexibility index (Phi) is 4.80. The molecular formula is C17H19N5O2S. The van der Waals surface area contributed by atoms with E-state index in [9.17, 15) is 4.79 Å². The zero-order valence-corrected chi connectivity index (χ0v) is 15.1. The molecule has 2 N–H and O–H groups in total. The molecular weight excluding hydrogens is 338 g/mol. The maximum Gasteiger partial charge on any atom is 0.253 e. The van der Waals surface area contributed by atoms with Gasteiger partial charge in [0, 0.05) is 25.4 Å². The van der Waals surface area contributed by atoms with E-state index < -0.39 is 0 Å². The van der Waals surface area contributed by atoms with Gasteiger partial charge in [0.1, 0.15) is 5.76 Å². The lowest BCUT2D eigenvalue weighted by atomic mass is 10.1. The van der Waals surface area contributed by atoms with E-state index in [0.717, 1.165) is 16.9 Å². The van der Waals surface area contributed by atoms with Crippen LogP contribution in [0.5, 0.6) is 0 Å². The maximum absolute atomic E-state index is 11.9. The number of hydrogen-bond acceptors (Lipinski definition) is 6. The Morgan fingerprint density at radius 2 is 1.96 bits per heavy atom. The van der Waals surface area contributed by atoms with E-state index in [2.05, 4.69) is 10.2 Å². The second-order valence-corrected chi connectivity index (χ2v) is 6.69. The van der Waals surface area contributed by atoms with Crippen molar-refractivity contribution < 1.29 is 9.21 Å². The fraction of sp³-hybridized carbons (Fsp3) is 0.235. The number of thioether (sulfide) groups is 1. The van der Waals surface area contributed by atoms with Crippen LogP contribution in [-0.2, 0) is 5.75 Å². The Bertz CT molecular complexity index is 883. The number of nitrogens with two attached hydrogens (primary N) is 1. The summed E-state index contributed by atoms with van der Waals surface area (Å²) in [5, 5.41) is 8.91. The standard InChI is InChI=1S/C17H19N5O2S/c1-11-14(8-9-24-11)15-19-20-17(22(15)18)25-10-12-4-6-13(7-5-12)16(23)21(2)3/h4-9H,10,18H2,1-3H3. The number of carbonyl (C=O) groups excluding carboxylic acids is 1. The number of furan rings is 1. The number of nitrogen functional groups attached to an aromatic ring is 1. The van der Waals surface area contributed by atoms with E-state index in [1.54, 1.807) is 25.3 Å². The third kappa shape index (κ3) is 3.53. The molecule has 3 aromatic rings. The van der Waals surface area contributed by atoms with E-state index in [0.29, 0.717) is 22.3 Å². The maximum atomic E-state index is 11.9. The van der Waals surface area contributed by atoms with Gasteiger partial charge in [0.25, 0.3) is 5.91 Å². The van der Waals surface area contributed by atoms with Gasteiger partial charge >= 0.3 is 0 Å². The molecule has 130 valence electrons. The summed E-state index contributed by atoms with van der Waals surface area (Å²) < 4.78 is 6.75. The molecule has 0 saturated heterocycles. The van der Waals surface area contributed by atoms with Crippen molar-refractivity contribution in [3.05, 3.63) is 53.5 Å². The lowest BCUT2D eigenvalue weighted by molar-refractivity contribution is 0.0827. The summed E-state index contributed by atoms with van der Waals surface area (Å²) >= 11 is 1.48. The van der Waals surface area contributed by atoms with Crippen molar-refractivity contribution in [2.24, 2.45) is 0 Å². The van der Waals surface area contributed by atoms with Crippen LogP contribution in [0.25, 0.3) is 11.4 Å². The van der Waals surface area contributed by atoms with Crippen molar-refractivity contribution in [2.75, 3.05) is 19.9 Å². The molecule has 1 amide bonds. The molecule has 2 heterocycles. The molecule has 0 unspecified atom stereocenters. The molecule has 0 atom stereocenters. The zero-order chi connectivity index (χ0) is 18.0. The summed E-state index contributed by atoms with van der Waals surface area (Å²) in [6, 6.07) is 9.33. The van der Waals surface area contributed by atoms with E-state index in [-0.39, 0.29) is 5.91 Å². The zero-order valence-electron chi connectivity index (χ0n) is 14.3. The quantitative estimate of drug-likeness (QED) is 0.557. The second-order valence-electron chi connectivity index (χ2n) is 5.75. The average Bonchev–Trinajstić information content (AvgIpc) is 3.18. The fourth-order valence-electron chi connectivity index (χ4n) is 2.33. The molecule has 7 nitrogen and oxygen atoms in total. The van der Waals surface area contributed by atoms with Gasteiger partial charge in [-0.25, -0.2) is 4.68 Å². The van der Waals surface area contributed by atoms with Gasteiger partial charge in [-0.05, 0) is 30.7 Å². The minimum absolute atomic E-state index is 0.0129. The normalized spacial score (nSPS) is 10.8. The fourth-order valence-corrected chi connectivity index (χ4v) is 3.14. The summed E-state index contributed by atoms with van der Waals surface area (Å²) in [6.45, 7) is 1.85. The van der Waals surface area contributed by atoms with Gasteiger partial charge in [-0.3, -0.25) is 4.79 Å². The van der Waals surface area contributed by atoms with Gasteiger partial charge in [0.05, 0.1) is 11.8 Å². The molecule has 3 rings (SSSR count). The average molecular weight is 357 g/mol. The summed E-state index contributed by atoms with van der Waals surface area (Å²) in [7, 11) is 3.47. The predicted octanol–water partition coefficient (Wildman–Crippen LogP) is 2.55. The molecule has 8 heteroatoms. The van der Waals surface area contributed by atoms with Crippen LogP contribution in [0.15, 0.2) is 46.2 Å². The monoisotopic (exact) mass is 357 g/mol. The Balaban J connectivity index is 1.69. The minimum atomic E-state index is -0.0129. The molecule has 0 saturated carbocycles. The Hall–Kier alpha value is -2.74. The first-order valence-corrected chi connectivity index (χ1v) is 8.64. The van der Waals surface area contributed by atoms with Crippen LogP contribution in [0.2, 0.25) is 0 Å². The van der Waals surface area contributed by atoms with Gasteiger partial charge in [-0.1, -0.05) is 23.9 Å². The Labute approximate surface area is 149 Å². The first-order chi connectivity index (χ1) is 12.0. The van der Waals surface area contributed by atoms with E-state index in [4.69, 9.17) is 10.3 Å². The largest absolute Gasteiger partial charge is 0.469 e. The molecule has 0 bridgehead atoms. The van der Waals surface area contributed by atoms with Gasteiger partial charge in [-0.2, -0.15) is 0 Å². The molecule has 0 radical (unpaired) electrons. The molecule has 2 aromatic heterocycles. The van der Waals surface area contributed by atoms with E-state index in [1.807, 2.05) is 37.3 Å². The van der Waals surface area contributed by atoms with Crippen LogP contribution in [0.1, 0.15) is 21.7 Å². The first kappa shape index (κ1) is 17.1. The van der Waals surface area contributed by atoms with Gasteiger partial charge < -0.3 is 15.2 Å². The highest BCUT2D eigenvalue weighted by Gasteiger charge is 2.15. The summed E-state index contributed by atoms with van der Waals surface area (Å²) in [5.41, 5.74) is 2.57. The minimum Gasteiger partial charge on any atom is -0.469 e. The highest BCUT2D eigenvalue weighted by Crippen LogP contribution is 2.26. The van der Waals surface area contributed by atoms with Crippen LogP contribution in [-0.4, -0.2) is 39.8 Å². The third-order valence-corrected chi connectivity index (χ3v) is 4.75. The van der Waals surface area contributed by atoms with E-state index in [1.165, 1.54) is 16.4 Å². The molecule has 1 aromatic carbocycles. The lowest BCUT2D eigenvalue weighted by Gasteiger charge is -2.10. The number of hydrogen-bond donors (Lipinski definition) is 1. The predicted molar refractivity (Wildman–Crippen MR) is 96.6 cm³/mol. The number of nitrogens with zero attached hydrogens (tertiary/aromatic N) is 4. The molecule has 0 aliphatic heterocycles. The lowest BCUT2D eigenvalue weighted by Crippen LogP contribution is -2.21.